The molecule has 1 fully saturated rings. The average molecular weight is 264 g/mol. The van der Waals surface area contributed by atoms with E-state index in [0.717, 1.165) is 16.9 Å². The monoisotopic (exact) mass is 262 g/mol. The molecule has 2 rings (SSSR count). The van der Waals surface area contributed by atoms with E-state index in [9.17, 15) is 0 Å². The predicted molar refractivity (Wildman–Crippen MR) is 66.5 cm³/mol. The summed E-state index contributed by atoms with van der Waals surface area (Å²) in [5, 5.41) is -0.258. The normalized spacial score (nSPS) is 27.3. The Hall–Kier alpha value is -0.240. The largest absolute Gasteiger partial charge is 0.235 e. The topological polar surface area (TPSA) is 3.01 Å². The van der Waals surface area contributed by atoms with Crippen LogP contribution in [0, 0.1) is 0 Å². The van der Waals surface area contributed by atoms with Crippen LogP contribution in [0.1, 0.15) is 0 Å². The molecule has 80 valence electrons. The van der Waals surface area contributed by atoms with Gasteiger partial charge in [-0.1, -0.05) is 23.2 Å². The Kier molecular flexibility index (Phi) is 2.74. The Morgan fingerprint density at radius 1 is 1.13 bits per heavy atom. The summed E-state index contributed by atoms with van der Waals surface area (Å²) in [6.45, 7) is 0. The molecule has 1 unspecified atom stereocenters. The fraction of sp³-hybridized carbons (Fsp3) is 0.364. The standard InChI is InChI=1S/C11H11Cl3N/c1-15(2)8-5-3-7(4-6-8)9-10(12)11(9,13)14/h3-6,10H,1-2H3/q+1. The van der Waals surface area contributed by atoms with Gasteiger partial charge in [0.15, 0.2) is 10.0 Å². The maximum atomic E-state index is 5.98. The maximum absolute atomic E-state index is 5.98. The van der Waals surface area contributed by atoms with Crippen LogP contribution in [0.3, 0.4) is 0 Å². The molecule has 0 N–H and O–H groups in total. The number of nitrogens with zero attached hydrogens (tertiary/aromatic N) is 1. The fourth-order valence-corrected chi connectivity index (χ4v) is 2.53. The third-order valence-corrected chi connectivity index (χ3v) is 4.15. The molecule has 1 saturated carbocycles. The quantitative estimate of drug-likeness (QED) is 0.467. The molecule has 15 heavy (non-hydrogen) atoms. The molecule has 0 heterocycles. The van der Waals surface area contributed by atoms with E-state index in [1.54, 1.807) is 0 Å². The smallest absolute Gasteiger partial charge is 0.199 e. The first-order valence-corrected chi connectivity index (χ1v) is 5.81. The molecule has 0 aliphatic heterocycles. The Labute approximate surface area is 104 Å². The number of rotatable bonds is 0. The lowest BCUT2D eigenvalue weighted by molar-refractivity contribution is -0.462. The first kappa shape index (κ1) is 11.3. The van der Waals surface area contributed by atoms with Gasteiger partial charge in [0.1, 0.15) is 14.1 Å². The summed E-state index contributed by atoms with van der Waals surface area (Å²) in [7, 11) is 3.99. The van der Waals surface area contributed by atoms with Crippen molar-refractivity contribution < 1.29 is 4.58 Å². The molecule has 0 saturated heterocycles. The van der Waals surface area contributed by atoms with Crippen molar-refractivity contribution >= 4 is 40.5 Å². The summed E-state index contributed by atoms with van der Waals surface area (Å²) >= 11 is 17.9. The van der Waals surface area contributed by atoms with Crippen molar-refractivity contribution in [2.45, 2.75) is 9.71 Å². The van der Waals surface area contributed by atoms with Gasteiger partial charge < -0.3 is 0 Å². The minimum absolute atomic E-state index is 0.258. The van der Waals surface area contributed by atoms with Crippen LogP contribution >= 0.6 is 34.8 Å². The summed E-state index contributed by atoms with van der Waals surface area (Å²) in [5.41, 5.74) is 3.06. The minimum Gasteiger partial charge on any atom is -0.235 e. The van der Waals surface area contributed by atoms with Crippen molar-refractivity contribution in [3.8, 4) is 0 Å². The zero-order valence-corrected chi connectivity index (χ0v) is 10.7. The highest BCUT2D eigenvalue weighted by Crippen LogP contribution is 2.58. The Morgan fingerprint density at radius 3 is 1.93 bits per heavy atom. The van der Waals surface area contributed by atoms with E-state index in [-0.39, 0.29) is 5.38 Å². The van der Waals surface area contributed by atoms with Crippen molar-refractivity contribution in [3.63, 3.8) is 0 Å². The second-order valence-electron chi connectivity index (χ2n) is 3.84. The molecule has 1 atom stereocenters. The van der Waals surface area contributed by atoms with E-state index in [4.69, 9.17) is 34.8 Å². The number of halogens is 3. The first-order valence-electron chi connectivity index (χ1n) is 4.61. The molecule has 1 nitrogen and oxygen atoms in total. The minimum atomic E-state index is -0.874. The molecule has 0 radical (unpaired) electrons. The van der Waals surface area contributed by atoms with Crippen LogP contribution in [0.15, 0.2) is 35.5 Å². The zero-order valence-electron chi connectivity index (χ0n) is 8.47. The van der Waals surface area contributed by atoms with Crippen molar-refractivity contribution in [2.75, 3.05) is 14.1 Å². The van der Waals surface area contributed by atoms with Gasteiger partial charge in [-0.3, -0.25) is 0 Å². The van der Waals surface area contributed by atoms with Crippen LogP contribution in [0.5, 0.6) is 0 Å². The van der Waals surface area contributed by atoms with E-state index < -0.39 is 4.33 Å². The Balaban J connectivity index is 2.31. The van der Waals surface area contributed by atoms with Crippen molar-refractivity contribution in [3.05, 3.63) is 35.5 Å². The van der Waals surface area contributed by atoms with Gasteiger partial charge in [0.25, 0.3) is 0 Å². The fourth-order valence-electron chi connectivity index (χ4n) is 1.52. The summed E-state index contributed by atoms with van der Waals surface area (Å²) in [6.07, 6.45) is 8.03. The lowest BCUT2D eigenvalue weighted by Gasteiger charge is -2.00. The van der Waals surface area contributed by atoms with Crippen LogP contribution in [-0.2, 0) is 0 Å². The van der Waals surface area contributed by atoms with Crippen molar-refractivity contribution in [1.82, 2.24) is 0 Å². The number of allylic oxidation sites excluding steroid dienone is 6. The molecule has 0 bridgehead atoms. The second kappa shape index (κ2) is 3.65. The number of hydrogen-bond acceptors (Lipinski definition) is 0. The van der Waals surface area contributed by atoms with E-state index >= 15 is 0 Å². The molecular weight excluding hydrogens is 252 g/mol. The molecule has 0 spiro atoms. The summed E-state index contributed by atoms with van der Waals surface area (Å²) in [6, 6.07) is 0. The molecule has 4 heteroatoms. The zero-order chi connectivity index (χ0) is 11.2. The second-order valence-corrected chi connectivity index (χ2v) is 5.66. The lowest BCUT2D eigenvalue weighted by Crippen LogP contribution is -2.09. The molecule has 2 aliphatic rings. The van der Waals surface area contributed by atoms with Crippen molar-refractivity contribution in [1.29, 1.82) is 0 Å². The summed E-state index contributed by atoms with van der Waals surface area (Å²) in [4.78, 5) is 0. The number of alkyl halides is 3. The predicted octanol–water partition coefficient (Wildman–Crippen LogP) is 2.92. The highest BCUT2D eigenvalue weighted by molar-refractivity contribution is 6.60. The molecule has 0 aromatic carbocycles. The Morgan fingerprint density at radius 2 is 1.60 bits per heavy atom. The van der Waals surface area contributed by atoms with E-state index in [1.807, 2.05) is 43.0 Å². The SMILES string of the molecule is C[N+](C)=C1C=CC(=C2C(Cl)C2(Cl)Cl)C=C1. The van der Waals surface area contributed by atoms with Crippen LogP contribution in [0.25, 0.3) is 0 Å². The van der Waals surface area contributed by atoms with Crippen LogP contribution in [0.2, 0.25) is 0 Å². The van der Waals surface area contributed by atoms with Gasteiger partial charge in [0.2, 0.25) is 0 Å². The molecule has 0 aromatic rings. The van der Waals surface area contributed by atoms with Crippen LogP contribution in [-0.4, -0.2) is 34.1 Å². The molecule has 2 aliphatic carbocycles. The summed E-state index contributed by atoms with van der Waals surface area (Å²) < 4.78 is 1.16. The highest BCUT2D eigenvalue weighted by Gasteiger charge is 2.58. The lowest BCUT2D eigenvalue weighted by atomic mass is 10.1. The van der Waals surface area contributed by atoms with E-state index in [0.29, 0.717) is 0 Å². The van der Waals surface area contributed by atoms with Gasteiger partial charge in [-0.2, -0.15) is 0 Å². The Bertz CT molecular complexity index is 405. The van der Waals surface area contributed by atoms with Crippen molar-refractivity contribution in [2.24, 2.45) is 0 Å². The van der Waals surface area contributed by atoms with Gasteiger partial charge in [-0.15, -0.1) is 11.6 Å². The maximum Gasteiger partial charge on any atom is 0.199 e. The molecule has 0 amide bonds. The third kappa shape index (κ3) is 1.89. The summed E-state index contributed by atoms with van der Waals surface area (Å²) in [5.74, 6) is 0. The molecular formula is C11H11Cl3N+. The van der Waals surface area contributed by atoms with Crippen LogP contribution in [0.4, 0.5) is 0 Å². The van der Waals surface area contributed by atoms with E-state index in [1.165, 1.54) is 0 Å². The number of hydrogen-bond donors (Lipinski definition) is 0. The van der Waals surface area contributed by atoms with Gasteiger partial charge in [0.05, 0.1) is 5.38 Å². The van der Waals surface area contributed by atoms with Gasteiger partial charge in [-0.25, -0.2) is 4.58 Å². The average Bonchev–Trinajstić information content (AvgIpc) is 2.66. The molecule has 0 aromatic heterocycles. The van der Waals surface area contributed by atoms with Gasteiger partial charge in [-0.05, 0) is 23.3 Å². The van der Waals surface area contributed by atoms with Crippen LogP contribution < -0.4 is 0 Å². The highest BCUT2D eigenvalue weighted by atomic mass is 35.5. The third-order valence-electron chi connectivity index (χ3n) is 2.54. The van der Waals surface area contributed by atoms with Gasteiger partial charge in [0, 0.05) is 12.2 Å². The van der Waals surface area contributed by atoms with Gasteiger partial charge >= 0.3 is 0 Å². The first-order chi connectivity index (χ1) is 6.94. The van der Waals surface area contributed by atoms with E-state index in [2.05, 4.69) is 0 Å².